The molecule has 35 heavy (non-hydrogen) atoms. The van der Waals surface area contributed by atoms with Crippen LogP contribution >= 0.6 is 0 Å². The summed E-state index contributed by atoms with van der Waals surface area (Å²) < 4.78 is 10.6. The molecule has 188 valence electrons. The smallest absolute Gasteiger partial charge is 0.411 e. The van der Waals surface area contributed by atoms with Gasteiger partial charge in [-0.3, -0.25) is 9.69 Å². The second-order valence-electron chi connectivity index (χ2n) is 9.43. The van der Waals surface area contributed by atoms with E-state index in [1.807, 2.05) is 57.2 Å². The lowest BCUT2D eigenvalue weighted by molar-refractivity contribution is -0.134. The lowest BCUT2D eigenvalue weighted by Crippen LogP contribution is -2.51. The van der Waals surface area contributed by atoms with Crippen molar-refractivity contribution in [3.8, 4) is 5.75 Å². The highest BCUT2D eigenvalue weighted by atomic mass is 16.6. The van der Waals surface area contributed by atoms with Gasteiger partial charge in [0.15, 0.2) is 0 Å². The number of nitrogens with zero attached hydrogens (tertiary/aromatic N) is 2. The van der Waals surface area contributed by atoms with E-state index in [1.54, 1.807) is 29.0 Å². The first-order valence-corrected chi connectivity index (χ1v) is 11.7. The van der Waals surface area contributed by atoms with Gasteiger partial charge in [-0.25, -0.2) is 9.59 Å². The van der Waals surface area contributed by atoms with Gasteiger partial charge in [0.25, 0.3) is 0 Å². The third-order valence-corrected chi connectivity index (χ3v) is 5.38. The quantitative estimate of drug-likeness (QED) is 0.649. The number of urea groups is 1. The number of hydrogen-bond donors (Lipinski definition) is 2. The van der Waals surface area contributed by atoms with Crippen LogP contribution < -0.4 is 15.4 Å². The summed E-state index contributed by atoms with van der Waals surface area (Å²) in [4.78, 5) is 40.6. The Morgan fingerprint density at radius 1 is 0.914 bits per heavy atom. The van der Waals surface area contributed by atoms with Crippen LogP contribution in [0.25, 0.3) is 0 Å². The molecule has 0 aliphatic carbocycles. The lowest BCUT2D eigenvalue weighted by Gasteiger charge is -2.36. The molecule has 1 aliphatic rings. The fourth-order valence-electron chi connectivity index (χ4n) is 3.57. The molecule has 0 spiro atoms. The minimum Gasteiger partial charge on any atom is -0.497 e. The van der Waals surface area contributed by atoms with Crippen LogP contribution in [0.2, 0.25) is 0 Å². The van der Waals surface area contributed by atoms with Crippen molar-refractivity contribution in [2.45, 2.75) is 45.8 Å². The number of hydrogen-bond acceptors (Lipinski definition) is 5. The van der Waals surface area contributed by atoms with Gasteiger partial charge in [0.2, 0.25) is 5.91 Å². The van der Waals surface area contributed by atoms with Gasteiger partial charge in [0.05, 0.1) is 20.2 Å². The molecule has 4 amide bonds. The van der Waals surface area contributed by atoms with E-state index in [2.05, 4.69) is 10.6 Å². The number of nitrogens with one attached hydrogen (secondary N) is 2. The highest BCUT2D eigenvalue weighted by Gasteiger charge is 2.28. The number of anilines is 1. The molecule has 2 aromatic carbocycles. The molecule has 3 rings (SSSR count). The van der Waals surface area contributed by atoms with Gasteiger partial charge in [-0.1, -0.05) is 24.3 Å². The van der Waals surface area contributed by atoms with Crippen molar-refractivity contribution in [1.82, 2.24) is 15.1 Å². The zero-order valence-electron chi connectivity index (χ0n) is 20.8. The van der Waals surface area contributed by atoms with E-state index in [0.717, 1.165) is 16.9 Å². The highest BCUT2D eigenvalue weighted by molar-refractivity contribution is 5.89. The Balaban J connectivity index is 1.46. The molecule has 0 unspecified atom stereocenters. The van der Waals surface area contributed by atoms with Crippen LogP contribution in [-0.4, -0.2) is 60.3 Å². The third-order valence-electron chi connectivity index (χ3n) is 5.38. The van der Waals surface area contributed by atoms with E-state index in [-0.39, 0.29) is 25.0 Å². The molecule has 0 radical (unpaired) electrons. The summed E-state index contributed by atoms with van der Waals surface area (Å²) in [7, 11) is 1.61. The molecule has 1 saturated heterocycles. The Bertz CT molecular complexity index is 1020. The Kier molecular flexibility index (Phi) is 8.57. The van der Waals surface area contributed by atoms with E-state index in [1.165, 1.54) is 0 Å². The lowest BCUT2D eigenvalue weighted by atomic mass is 10.1. The molecular weight excluding hydrogens is 448 g/mol. The fraction of sp³-hybridized carbons (Fsp3) is 0.423. The number of ether oxygens (including phenoxy) is 2. The van der Waals surface area contributed by atoms with Gasteiger partial charge in [-0.15, -0.1) is 0 Å². The maximum absolute atomic E-state index is 12.8. The number of methoxy groups -OCH3 is 1. The average molecular weight is 483 g/mol. The topological polar surface area (TPSA) is 100 Å². The summed E-state index contributed by atoms with van der Waals surface area (Å²) in [6.45, 7) is 7.24. The van der Waals surface area contributed by atoms with Gasteiger partial charge in [-0.05, 0) is 62.6 Å². The van der Waals surface area contributed by atoms with E-state index >= 15 is 0 Å². The molecule has 2 N–H and O–H groups in total. The first-order chi connectivity index (χ1) is 16.6. The summed E-state index contributed by atoms with van der Waals surface area (Å²) in [5.74, 6) is 0.702. The normalized spacial score (nSPS) is 13.7. The van der Waals surface area contributed by atoms with Gasteiger partial charge in [0.1, 0.15) is 11.4 Å². The first kappa shape index (κ1) is 25.9. The number of benzene rings is 2. The molecule has 0 atom stereocenters. The predicted molar refractivity (Wildman–Crippen MR) is 133 cm³/mol. The highest BCUT2D eigenvalue weighted by Crippen LogP contribution is 2.16. The zero-order valence-corrected chi connectivity index (χ0v) is 20.8. The van der Waals surface area contributed by atoms with Crippen molar-refractivity contribution >= 4 is 23.7 Å². The predicted octanol–water partition coefficient (Wildman–Crippen LogP) is 3.99. The van der Waals surface area contributed by atoms with Crippen LogP contribution in [0.4, 0.5) is 15.3 Å². The van der Waals surface area contributed by atoms with E-state index in [4.69, 9.17) is 9.47 Å². The second kappa shape index (κ2) is 11.6. The van der Waals surface area contributed by atoms with Crippen molar-refractivity contribution in [3.63, 3.8) is 0 Å². The molecule has 1 heterocycles. The van der Waals surface area contributed by atoms with Crippen LogP contribution in [0.5, 0.6) is 5.75 Å². The minimum absolute atomic E-state index is 0.0591. The zero-order chi connectivity index (χ0) is 25.4. The number of carbonyl (C=O) groups is 3. The van der Waals surface area contributed by atoms with Crippen LogP contribution in [0.1, 0.15) is 38.3 Å². The van der Waals surface area contributed by atoms with Gasteiger partial charge in [-0.2, -0.15) is 0 Å². The van der Waals surface area contributed by atoms with Crippen LogP contribution in [0, 0.1) is 0 Å². The van der Waals surface area contributed by atoms with Crippen LogP contribution in [0.3, 0.4) is 0 Å². The van der Waals surface area contributed by atoms with Crippen molar-refractivity contribution in [3.05, 3.63) is 59.7 Å². The van der Waals surface area contributed by atoms with Gasteiger partial charge < -0.3 is 25.0 Å². The number of amides is 4. The van der Waals surface area contributed by atoms with E-state index < -0.39 is 11.7 Å². The fourth-order valence-corrected chi connectivity index (χ4v) is 3.57. The monoisotopic (exact) mass is 482 g/mol. The second-order valence-corrected chi connectivity index (χ2v) is 9.43. The summed E-state index contributed by atoms with van der Waals surface area (Å²) in [5, 5.41) is 5.60. The Morgan fingerprint density at radius 2 is 1.54 bits per heavy atom. The third kappa shape index (κ3) is 8.20. The molecule has 0 bridgehead atoms. The largest absolute Gasteiger partial charge is 0.497 e. The molecule has 9 heteroatoms. The average Bonchev–Trinajstić information content (AvgIpc) is 2.83. The van der Waals surface area contributed by atoms with Crippen molar-refractivity contribution < 1.29 is 23.9 Å². The summed E-state index contributed by atoms with van der Waals surface area (Å²) >= 11 is 0. The molecule has 2 aromatic rings. The van der Waals surface area contributed by atoms with Crippen molar-refractivity contribution in [2.75, 3.05) is 32.2 Å². The van der Waals surface area contributed by atoms with Gasteiger partial charge in [0, 0.05) is 25.3 Å². The van der Waals surface area contributed by atoms with Gasteiger partial charge >= 0.3 is 12.1 Å². The van der Waals surface area contributed by atoms with E-state index in [0.29, 0.717) is 31.7 Å². The SMILES string of the molecule is COc1ccc(CNC(=O)Nc2ccc(CC(=O)N3CCCN(C(=O)OC(C)(C)C)C3)cc2)cc1. The van der Waals surface area contributed by atoms with Crippen LogP contribution in [0.15, 0.2) is 48.5 Å². The Labute approximate surface area is 206 Å². The minimum atomic E-state index is -0.578. The Morgan fingerprint density at radius 3 is 2.17 bits per heavy atom. The molecule has 1 fully saturated rings. The summed E-state index contributed by atoms with van der Waals surface area (Å²) in [5.41, 5.74) is 1.83. The first-order valence-electron chi connectivity index (χ1n) is 11.7. The van der Waals surface area contributed by atoms with Crippen molar-refractivity contribution in [1.29, 1.82) is 0 Å². The molecule has 0 saturated carbocycles. The molecule has 0 aromatic heterocycles. The molecule has 1 aliphatic heterocycles. The van der Waals surface area contributed by atoms with Crippen molar-refractivity contribution in [2.24, 2.45) is 0 Å². The summed E-state index contributed by atoms with van der Waals surface area (Å²) in [6, 6.07) is 14.3. The standard InChI is InChI=1S/C26H34N4O5/c1-26(2,3)35-25(33)30-15-5-14-29(18-30)23(31)16-19-6-10-21(11-7-19)28-24(32)27-17-20-8-12-22(34-4)13-9-20/h6-13H,5,14-18H2,1-4H3,(H2,27,28,32). The maximum Gasteiger partial charge on any atom is 0.411 e. The van der Waals surface area contributed by atoms with E-state index in [9.17, 15) is 14.4 Å². The summed E-state index contributed by atoms with van der Waals surface area (Å²) in [6.07, 6.45) is 0.515. The number of carbonyl (C=O) groups excluding carboxylic acids is 3. The maximum atomic E-state index is 12.8. The Hall–Kier alpha value is -3.75. The molecule has 9 nitrogen and oxygen atoms in total. The molecular formula is C26H34N4O5. The van der Waals surface area contributed by atoms with Crippen LogP contribution in [-0.2, 0) is 22.5 Å². The number of rotatable bonds is 6.